The Hall–Kier alpha value is -0.800. The lowest BCUT2D eigenvalue weighted by Gasteiger charge is -2.11. The highest BCUT2D eigenvalue weighted by Gasteiger charge is 2.15. The zero-order chi connectivity index (χ0) is 14.5. The topological polar surface area (TPSA) is 59.9 Å². The van der Waals surface area contributed by atoms with Crippen LogP contribution in [0.1, 0.15) is 24.7 Å². The molecule has 0 amide bonds. The molecule has 0 radical (unpaired) electrons. The van der Waals surface area contributed by atoms with Crippen LogP contribution in [0.2, 0.25) is 0 Å². The predicted molar refractivity (Wildman–Crippen MR) is 90.1 cm³/mol. The predicted octanol–water partition coefficient (Wildman–Crippen LogP) is 3.48. The van der Waals surface area contributed by atoms with E-state index in [9.17, 15) is 0 Å². The van der Waals surface area contributed by atoms with Crippen molar-refractivity contribution in [2.45, 2.75) is 26.9 Å². The Morgan fingerprint density at radius 2 is 2.15 bits per heavy atom. The van der Waals surface area contributed by atoms with E-state index in [2.05, 4.69) is 49.8 Å². The highest BCUT2D eigenvalue weighted by molar-refractivity contribution is 14.1. The lowest BCUT2D eigenvalue weighted by Crippen LogP contribution is -2.09. The molecule has 7 heteroatoms. The van der Waals surface area contributed by atoms with Crippen molar-refractivity contribution in [1.82, 2.24) is 15.0 Å². The summed E-state index contributed by atoms with van der Waals surface area (Å²) < 4.78 is 6.23. The molecule has 0 aromatic carbocycles. The van der Waals surface area contributed by atoms with Crippen molar-refractivity contribution < 1.29 is 4.74 Å². The van der Waals surface area contributed by atoms with E-state index in [0.717, 1.165) is 38.7 Å². The normalized spacial score (nSPS) is 10.8. The standard InChI is InChI=1S/C13H17IN4OS/c1-4-5-15-11-10(14)9(6-19-3)17-12(18-11)13-16-8(2)7-20-13/h7H,4-6H2,1-3H3,(H,15,17,18). The van der Waals surface area contributed by atoms with Gasteiger partial charge in [0.05, 0.1) is 15.9 Å². The molecule has 1 N–H and O–H groups in total. The highest BCUT2D eigenvalue weighted by Crippen LogP contribution is 2.26. The third-order valence-electron chi connectivity index (χ3n) is 2.55. The van der Waals surface area contributed by atoms with Crippen LogP contribution >= 0.6 is 33.9 Å². The summed E-state index contributed by atoms with van der Waals surface area (Å²) >= 11 is 3.82. The van der Waals surface area contributed by atoms with Crippen LogP contribution in [0.25, 0.3) is 10.8 Å². The first kappa shape index (κ1) is 15.6. The maximum atomic E-state index is 5.22. The monoisotopic (exact) mass is 404 g/mol. The Labute approximate surface area is 136 Å². The molecule has 0 spiro atoms. The van der Waals surface area contributed by atoms with Gasteiger partial charge in [0.1, 0.15) is 5.82 Å². The number of anilines is 1. The van der Waals surface area contributed by atoms with Crippen molar-refractivity contribution >= 4 is 39.7 Å². The van der Waals surface area contributed by atoms with E-state index in [1.807, 2.05) is 12.3 Å². The molecule has 2 heterocycles. The van der Waals surface area contributed by atoms with Crippen molar-refractivity contribution in [3.05, 3.63) is 20.3 Å². The van der Waals surface area contributed by atoms with Crippen molar-refractivity contribution in [3.63, 3.8) is 0 Å². The van der Waals surface area contributed by atoms with Crippen LogP contribution < -0.4 is 5.32 Å². The number of ether oxygens (including phenoxy) is 1. The van der Waals surface area contributed by atoms with E-state index < -0.39 is 0 Å². The Bertz CT molecular complexity index is 588. The molecule has 2 aromatic rings. The lowest BCUT2D eigenvalue weighted by molar-refractivity contribution is 0.181. The van der Waals surface area contributed by atoms with Gasteiger partial charge < -0.3 is 10.1 Å². The summed E-state index contributed by atoms with van der Waals surface area (Å²) in [6.07, 6.45) is 1.05. The third-order valence-corrected chi connectivity index (χ3v) is 4.64. The maximum Gasteiger partial charge on any atom is 0.191 e. The molecule has 20 heavy (non-hydrogen) atoms. The molecule has 0 bridgehead atoms. The third kappa shape index (κ3) is 3.64. The summed E-state index contributed by atoms with van der Waals surface area (Å²) in [5, 5.41) is 6.19. The van der Waals surface area contributed by atoms with Gasteiger partial charge in [0.15, 0.2) is 10.8 Å². The number of halogens is 1. The summed E-state index contributed by atoms with van der Waals surface area (Å²) in [5.41, 5.74) is 1.88. The summed E-state index contributed by atoms with van der Waals surface area (Å²) in [6.45, 7) is 5.45. The number of aromatic nitrogens is 3. The second-order valence-corrected chi connectivity index (χ2v) is 6.25. The molecule has 0 aliphatic heterocycles. The fourth-order valence-corrected chi connectivity index (χ4v) is 2.95. The van der Waals surface area contributed by atoms with Crippen LogP contribution in [-0.2, 0) is 11.3 Å². The van der Waals surface area contributed by atoms with Crippen LogP contribution in [-0.4, -0.2) is 28.6 Å². The first-order valence-corrected chi connectivity index (χ1v) is 8.33. The van der Waals surface area contributed by atoms with E-state index in [4.69, 9.17) is 4.74 Å². The van der Waals surface area contributed by atoms with E-state index in [1.165, 1.54) is 0 Å². The molecular formula is C13H17IN4OS. The fourth-order valence-electron chi connectivity index (χ4n) is 1.64. The summed E-state index contributed by atoms with van der Waals surface area (Å²) in [4.78, 5) is 13.6. The van der Waals surface area contributed by atoms with Gasteiger partial charge in [0.25, 0.3) is 0 Å². The Morgan fingerprint density at radius 1 is 1.35 bits per heavy atom. The van der Waals surface area contributed by atoms with Crippen LogP contribution in [0.5, 0.6) is 0 Å². The van der Waals surface area contributed by atoms with Gasteiger partial charge in [-0.05, 0) is 35.9 Å². The Morgan fingerprint density at radius 3 is 2.75 bits per heavy atom. The van der Waals surface area contributed by atoms with Crippen molar-refractivity contribution in [2.24, 2.45) is 0 Å². The summed E-state index contributed by atoms with van der Waals surface area (Å²) in [6, 6.07) is 0. The minimum Gasteiger partial charge on any atom is -0.378 e. The Kier molecular flexibility index (Phi) is 5.67. The van der Waals surface area contributed by atoms with Crippen molar-refractivity contribution in [3.8, 4) is 10.8 Å². The van der Waals surface area contributed by atoms with Crippen LogP contribution in [0, 0.1) is 10.5 Å². The molecule has 0 aliphatic carbocycles. The number of aryl methyl sites for hydroxylation is 1. The van der Waals surface area contributed by atoms with Gasteiger partial charge in [-0.1, -0.05) is 6.92 Å². The summed E-state index contributed by atoms with van der Waals surface area (Å²) in [7, 11) is 1.67. The quantitative estimate of drug-likeness (QED) is 0.748. The van der Waals surface area contributed by atoms with E-state index >= 15 is 0 Å². The minimum absolute atomic E-state index is 0.471. The van der Waals surface area contributed by atoms with Gasteiger partial charge in [-0.15, -0.1) is 11.3 Å². The number of methoxy groups -OCH3 is 1. The van der Waals surface area contributed by atoms with E-state index in [1.54, 1.807) is 18.4 Å². The van der Waals surface area contributed by atoms with Crippen molar-refractivity contribution in [1.29, 1.82) is 0 Å². The highest BCUT2D eigenvalue weighted by atomic mass is 127. The number of nitrogens with zero attached hydrogens (tertiary/aromatic N) is 3. The average Bonchev–Trinajstić information content (AvgIpc) is 2.86. The molecule has 2 aromatic heterocycles. The molecule has 0 unspecified atom stereocenters. The van der Waals surface area contributed by atoms with Gasteiger partial charge in [0.2, 0.25) is 0 Å². The van der Waals surface area contributed by atoms with Crippen LogP contribution in [0.3, 0.4) is 0 Å². The van der Waals surface area contributed by atoms with Gasteiger partial charge in [-0.25, -0.2) is 15.0 Å². The fraction of sp³-hybridized carbons (Fsp3) is 0.462. The van der Waals surface area contributed by atoms with Crippen LogP contribution in [0.4, 0.5) is 5.82 Å². The second-order valence-electron chi connectivity index (χ2n) is 4.31. The first-order chi connectivity index (χ1) is 9.65. The number of hydrogen-bond donors (Lipinski definition) is 1. The van der Waals surface area contributed by atoms with Gasteiger partial charge in [-0.2, -0.15) is 0 Å². The molecule has 0 saturated heterocycles. The van der Waals surface area contributed by atoms with Gasteiger partial charge >= 0.3 is 0 Å². The molecular weight excluding hydrogens is 387 g/mol. The number of thiazole rings is 1. The molecule has 2 rings (SSSR count). The van der Waals surface area contributed by atoms with E-state index in [-0.39, 0.29) is 0 Å². The molecule has 0 fully saturated rings. The molecule has 0 aliphatic rings. The maximum absolute atomic E-state index is 5.22. The minimum atomic E-state index is 0.471. The lowest BCUT2D eigenvalue weighted by atomic mass is 10.3. The smallest absolute Gasteiger partial charge is 0.191 e. The zero-order valence-corrected chi connectivity index (χ0v) is 14.7. The number of rotatable bonds is 6. The first-order valence-electron chi connectivity index (χ1n) is 6.37. The van der Waals surface area contributed by atoms with Crippen LogP contribution in [0.15, 0.2) is 5.38 Å². The average molecular weight is 404 g/mol. The summed E-state index contributed by atoms with van der Waals surface area (Å²) in [5.74, 6) is 1.52. The molecule has 108 valence electrons. The Balaban J connectivity index is 2.43. The SMILES string of the molecule is CCCNc1nc(-c2nc(C)cs2)nc(COC)c1I. The molecule has 0 atom stereocenters. The largest absolute Gasteiger partial charge is 0.378 e. The van der Waals surface area contributed by atoms with Gasteiger partial charge in [0, 0.05) is 24.7 Å². The number of hydrogen-bond acceptors (Lipinski definition) is 6. The molecule has 0 saturated carbocycles. The van der Waals surface area contributed by atoms with E-state index in [0.29, 0.717) is 12.4 Å². The van der Waals surface area contributed by atoms with Crippen molar-refractivity contribution in [2.75, 3.05) is 19.0 Å². The zero-order valence-electron chi connectivity index (χ0n) is 11.7. The number of nitrogens with one attached hydrogen (secondary N) is 1. The van der Waals surface area contributed by atoms with Gasteiger partial charge in [-0.3, -0.25) is 0 Å². The second kappa shape index (κ2) is 7.28. The molecule has 5 nitrogen and oxygen atoms in total.